The SMILES string of the molecule is CCC(=O)Nc1ccc(C)c(NC(=O)CCn2c(C)csc2=O)c1. The number of aryl methyl sites for hydroxylation is 2. The fourth-order valence-corrected chi connectivity index (χ4v) is 2.95. The van der Waals surface area contributed by atoms with E-state index >= 15 is 0 Å². The van der Waals surface area contributed by atoms with Crippen LogP contribution in [0.15, 0.2) is 28.4 Å². The smallest absolute Gasteiger partial charge is 0.307 e. The Kier molecular flexibility index (Phi) is 5.92. The number of anilines is 2. The topological polar surface area (TPSA) is 80.2 Å². The van der Waals surface area contributed by atoms with Crippen molar-refractivity contribution in [2.45, 2.75) is 40.2 Å². The zero-order valence-corrected chi connectivity index (χ0v) is 14.8. The number of amides is 2. The van der Waals surface area contributed by atoms with Crippen molar-refractivity contribution >= 4 is 34.5 Å². The van der Waals surface area contributed by atoms with Gasteiger partial charge in [0, 0.05) is 41.8 Å². The largest absolute Gasteiger partial charge is 0.326 e. The summed E-state index contributed by atoms with van der Waals surface area (Å²) in [5.41, 5.74) is 3.07. The molecule has 0 aliphatic heterocycles. The molecule has 2 N–H and O–H groups in total. The van der Waals surface area contributed by atoms with E-state index in [0.29, 0.717) is 24.3 Å². The lowest BCUT2D eigenvalue weighted by Crippen LogP contribution is -2.20. The number of thiazole rings is 1. The Bertz CT molecular complexity index is 808. The van der Waals surface area contributed by atoms with Gasteiger partial charge in [0.25, 0.3) is 0 Å². The predicted molar refractivity (Wildman–Crippen MR) is 96.7 cm³/mol. The number of nitrogens with zero attached hydrogens (tertiary/aromatic N) is 1. The zero-order chi connectivity index (χ0) is 17.7. The van der Waals surface area contributed by atoms with Crippen LogP contribution in [0.25, 0.3) is 0 Å². The molecule has 24 heavy (non-hydrogen) atoms. The number of hydrogen-bond donors (Lipinski definition) is 2. The molecule has 6 nitrogen and oxygen atoms in total. The second-order valence-corrected chi connectivity index (χ2v) is 6.34. The summed E-state index contributed by atoms with van der Waals surface area (Å²) < 4.78 is 1.59. The molecule has 0 saturated carbocycles. The highest BCUT2D eigenvalue weighted by Gasteiger charge is 2.09. The quantitative estimate of drug-likeness (QED) is 0.843. The molecule has 1 aromatic heterocycles. The Morgan fingerprint density at radius 3 is 2.54 bits per heavy atom. The molecular formula is C17H21N3O3S. The molecule has 0 fully saturated rings. The summed E-state index contributed by atoms with van der Waals surface area (Å²) >= 11 is 1.13. The van der Waals surface area contributed by atoms with Crippen molar-refractivity contribution in [2.75, 3.05) is 10.6 Å². The van der Waals surface area contributed by atoms with Crippen molar-refractivity contribution in [1.82, 2.24) is 4.57 Å². The lowest BCUT2D eigenvalue weighted by Gasteiger charge is -2.12. The molecule has 1 aromatic carbocycles. The summed E-state index contributed by atoms with van der Waals surface area (Å²) in [6.45, 7) is 5.86. The molecule has 0 spiro atoms. The van der Waals surface area contributed by atoms with E-state index in [0.717, 1.165) is 22.6 Å². The first kappa shape index (κ1) is 17.9. The maximum Gasteiger partial charge on any atom is 0.307 e. The predicted octanol–water partition coefficient (Wildman–Crippen LogP) is 2.90. The lowest BCUT2D eigenvalue weighted by atomic mass is 10.1. The van der Waals surface area contributed by atoms with Gasteiger partial charge >= 0.3 is 4.87 Å². The minimum atomic E-state index is -0.172. The van der Waals surface area contributed by atoms with Crippen LogP contribution in [0.5, 0.6) is 0 Å². The molecule has 0 bridgehead atoms. The second kappa shape index (κ2) is 7.92. The number of carbonyl (C=O) groups excluding carboxylic acids is 2. The summed E-state index contributed by atoms with van der Waals surface area (Å²) in [5.74, 6) is -0.252. The summed E-state index contributed by atoms with van der Waals surface area (Å²) in [6.07, 6.45) is 0.604. The summed E-state index contributed by atoms with van der Waals surface area (Å²) in [5, 5.41) is 7.39. The van der Waals surface area contributed by atoms with Crippen molar-refractivity contribution in [3.8, 4) is 0 Å². The monoisotopic (exact) mass is 347 g/mol. The van der Waals surface area contributed by atoms with E-state index in [1.807, 2.05) is 19.9 Å². The van der Waals surface area contributed by atoms with Crippen LogP contribution in [-0.4, -0.2) is 16.4 Å². The number of aromatic nitrogens is 1. The minimum absolute atomic E-state index is 0.0549. The average Bonchev–Trinajstić information content (AvgIpc) is 2.87. The van der Waals surface area contributed by atoms with Crippen molar-refractivity contribution in [2.24, 2.45) is 0 Å². The molecule has 0 aliphatic carbocycles. The van der Waals surface area contributed by atoms with E-state index in [4.69, 9.17) is 0 Å². The third-order valence-corrected chi connectivity index (χ3v) is 4.54. The van der Waals surface area contributed by atoms with Gasteiger partial charge in [-0.15, -0.1) is 0 Å². The number of nitrogens with one attached hydrogen (secondary N) is 2. The van der Waals surface area contributed by atoms with Gasteiger partial charge in [0.1, 0.15) is 0 Å². The number of benzene rings is 1. The molecule has 1 heterocycles. The molecule has 0 saturated heterocycles. The minimum Gasteiger partial charge on any atom is -0.326 e. The summed E-state index contributed by atoms with van der Waals surface area (Å²) in [4.78, 5) is 35.2. The van der Waals surface area contributed by atoms with Crippen molar-refractivity contribution in [3.05, 3.63) is 44.5 Å². The normalized spacial score (nSPS) is 10.5. The van der Waals surface area contributed by atoms with Gasteiger partial charge in [0.05, 0.1) is 0 Å². The van der Waals surface area contributed by atoms with E-state index in [2.05, 4.69) is 10.6 Å². The van der Waals surface area contributed by atoms with Gasteiger partial charge in [-0.2, -0.15) is 0 Å². The maximum atomic E-state index is 12.2. The Morgan fingerprint density at radius 2 is 1.92 bits per heavy atom. The fourth-order valence-electron chi connectivity index (χ4n) is 2.18. The highest BCUT2D eigenvalue weighted by molar-refractivity contribution is 7.07. The van der Waals surface area contributed by atoms with Crippen molar-refractivity contribution in [3.63, 3.8) is 0 Å². The molecule has 128 valence electrons. The highest BCUT2D eigenvalue weighted by Crippen LogP contribution is 2.20. The van der Waals surface area contributed by atoms with Crippen LogP contribution in [0.4, 0.5) is 11.4 Å². The molecule has 2 rings (SSSR count). The molecule has 0 radical (unpaired) electrons. The van der Waals surface area contributed by atoms with Gasteiger partial charge in [-0.25, -0.2) is 0 Å². The average molecular weight is 347 g/mol. The van der Waals surface area contributed by atoms with Crippen molar-refractivity contribution < 1.29 is 9.59 Å². The van der Waals surface area contributed by atoms with E-state index in [1.165, 1.54) is 0 Å². The Balaban J connectivity index is 2.01. The van der Waals surface area contributed by atoms with Crippen LogP contribution in [0, 0.1) is 13.8 Å². The third kappa shape index (κ3) is 4.55. The lowest BCUT2D eigenvalue weighted by molar-refractivity contribution is -0.117. The third-order valence-electron chi connectivity index (χ3n) is 3.66. The summed E-state index contributed by atoms with van der Waals surface area (Å²) in [6, 6.07) is 5.38. The highest BCUT2D eigenvalue weighted by atomic mass is 32.1. The second-order valence-electron chi connectivity index (χ2n) is 5.52. The van der Waals surface area contributed by atoms with Gasteiger partial charge in [-0.05, 0) is 31.5 Å². The van der Waals surface area contributed by atoms with E-state index < -0.39 is 0 Å². The number of rotatable bonds is 6. The number of carbonyl (C=O) groups is 2. The summed E-state index contributed by atoms with van der Waals surface area (Å²) in [7, 11) is 0. The Morgan fingerprint density at radius 1 is 1.17 bits per heavy atom. The molecule has 2 aromatic rings. The standard InChI is InChI=1S/C17H21N3O3S/c1-4-15(21)18-13-6-5-11(2)14(9-13)19-16(22)7-8-20-12(3)10-24-17(20)23/h5-6,9-10H,4,7-8H2,1-3H3,(H,18,21)(H,19,22). The van der Waals surface area contributed by atoms with Gasteiger partial charge in [-0.3, -0.25) is 14.4 Å². The maximum absolute atomic E-state index is 12.2. The van der Waals surface area contributed by atoms with Gasteiger partial charge in [0.2, 0.25) is 11.8 Å². The first-order chi connectivity index (χ1) is 11.4. The van der Waals surface area contributed by atoms with Gasteiger partial charge < -0.3 is 15.2 Å². The molecule has 0 atom stereocenters. The van der Waals surface area contributed by atoms with Crippen LogP contribution in [0.3, 0.4) is 0 Å². The van der Waals surface area contributed by atoms with Crippen LogP contribution in [0.2, 0.25) is 0 Å². The Hall–Kier alpha value is -2.41. The first-order valence-electron chi connectivity index (χ1n) is 7.76. The fraction of sp³-hybridized carbons (Fsp3) is 0.353. The molecule has 7 heteroatoms. The van der Waals surface area contributed by atoms with Crippen LogP contribution >= 0.6 is 11.3 Å². The van der Waals surface area contributed by atoms with Crippen LogP contribution in [-0.2, 0) is 16.1 Å². The molecule has 0 aliphatic rings. The van der Waals surface area contributed by atoms with E-state index in [1.54, 1.807) is 29.0 Å². The van der Waals surface area contributed by atoms with Crippen molar-refractivity contribution in [1.29, 1.82) is 0 Å². The molecule has 2 amide bonds. The van der Waals surface area contributed by atoms with E-state index in [9.17, 15) is 14.4 Å². The van der Waals surface area contributed by atoms with E-state index in [-0.39, 0.29) is 23.1 Å². The van der Waals surface area contributed by atoms with Gasteiger partial charge in [0.15, 0.2) is 0 Å². The zero-order valence-electron chi connectivity index (χ0n) is 14.0. The number of hydrogen-bond acceptors (Lipinski definition) is 4. The van der Waals surface area contributed by atoms with Crippen LogP contribution < -0.4 is 15.5 Å². The Labute approximate surface area is 144 Å². The molecular weight excluding hydrogens is 326 g/mol. The van der Waals surface area contributed by atoms with Crippen LogP contribution in [0.1, 0.15) is 31.0 Å². The molecule has 0 unspecified atom stereocenters. The van der Waals surface area contributed by atoms with Gasteiger partial charge in [-0.1, -0.05) is 24.3 Å². The first-order valence-corrected chi connectivity index (χ1v) is 8.64.